The van der Waals surface area contributed by atoms with E-state index in [1.165, 1.54) is 38.5 Å². The zero-order valence-electron chi connectivity index (χ0n) is 12.2. The van der Waals surface area contributed by atoms with Gasteiger partial charge >= 0.3 is 0 Å². The number of nitrogens with one attached hydrogen (secondary N) is 1. The van der Waals surface area contributed by atoms with Gasteiger partial charge in [0, 0.05) is 13.7 Å². The summed E-state index contributed by atoms with van der Waals surface area (Å²) in [6, 6.07) is 9.04. The van der Waals surface area contributed by atoms with E-state index in [-0.39, 0.29) is 0 Å². The summed E-state index contributed by atoms with van der Waals surface area (Å²) in [5.74, 6) is 0.809. The minimum Gasteiger partial charge on any atom is -0.383 e. The van der Waals surface area contributed by atoms with Crippen molar-refractivity contribution in [1.29, 1.82) is 0 Å². The summed E-state index contributed by atoms with van der Waals surface area (Å²) in [7, 11) is 1.75. The third kappa shape index (κ3) is 4.63. The number of fused-ring (bicyclic) bond motifs is 1. The fourth-order valence-corrected chi connectivity index (χ4v) is 3.09. The molecule has 2 rings (SSSR count). The highest BCUT2D eigenvalue weighted by Gasteiger charge is 2.18. The molecular weight excluding hydrogens is 234 g/mol. The molecule has 0 saturated heterocycles. The maximum Gasteiger partial charge on any atom is 0.0587 e. The van der Waals surface area contributed by atoms with Crippen molar-refractivity contribution in [3.8, 4) is 0 Å². The molecule has 0 aliphatic heterocycles. The zero-order chi connectivity index (χ0) is 13.3. The summed E-state index contributed by atoms with van der Waals surface area (Å²) in [6.45, 7) is 2.91. The molecule has 1 aliphatic rings. The maximum absolute atomic E-state index is 5.02. The minimum absolute atomic E-state index is 0.809. The van der Waals surface area contributed by atoms with Crippen molar-refractivity contribution in [1.82, 2.24) is 5.32 Å². The summed E-state index contributed by atoms with van der Waals surface area (Å²) in [5.41, 5.74) is 3.22. The minimum atomic E-state index is 0.809. The molecule has 1 atom stereocenters. The Balaban J connectivity index is 1.67. The van der Waals surface area contributed by atoms with Crippen molar-refractivity contribution < 1.29 is 4.74 Å². The van der Waals surface area contributed by atoms with Gasteiger partial charge in [-0.3, -0.25) is 0 Å². The molecule has 0 spiro atoms. The molecule has 0 radical (unpaired) electrons. The Bertz CT molecular complexity index is 364. The molecule has 0 fully saturated rings. The first-order valence-corrected chi connectivity index (χ1v) is 7.69. The van der Waals surface area contributed by atoms with E-state index in [0.29, 0.717) is 0 Å². The molecule has 1 N–H and O–H groups in total. The van der Waals surface area contributed by atoms with Crippen LogP contribution in [-0.2, 0) is 11.2 Å². The fraction of sp³-hybridized carbons (Fsp3) is 0.647. The summed E-state index contributed by atoms with van der Waals surface area (Å²) >= 11 is 0. The topological polar surface area (TPSA) is 21.3 Å². The van der Waals surface area contributed by atoms with Crippen LogP contribution in [0, 0.1) is 0 Å². The van der Waals surface area contributed by atoms with E-state index in [1.54, 1.807) is 18.2 Å². The number of unbranched alkanes of at least 4 members (excludes halogenated alkanes) is 1. The van der Waals surface area contributed by atoms with Crippen molar-refractivity contribution in [2.75, 3.05) is 26.8 Å². The van der Waals surface area contributed by atoms with Crippen LogP contribution in [0.3, 0.4) is 0 Å². The van der Waals surface area contributed by atoms with E-state index in [9.17, 15) is 0 Å². The quantitative estimate of drug-likeness (QED) is 0.723. The van der Waals surface area contributed by atoms with Gasteiger partial charge in [0.05, 0.1) is 6.61 Å². The average Bonchev–Trinajstić information content (AvgIpc) is 2.46. The highest BCUT2D eigenvalue weighted by Crippen LogP contribution is 2.34. The molecule has 0 saturated carbocycles. The van der Waals surface area contributed by atoms with Gasteiger partial charge in [-0.2, -0.15) is 0 Å². The van der Waals surface area contributed by atoms with Crippen molar-refractivity contribution in [2.24, 2.45) is 0 Å². The molecule has 2 nitrogen and oxygen atoms in total. The first-order chi connectivity index (χ1) is 9.42. The van der Waals surface area contributed by atoms with E-state index >= 15 is 0 Å². The van der Waals surface area contributed by atoms with Gasteiger partial charge in [0.1, 0.15) is 0 Å². The lowest BCUT2D eigenvalue weighted by Gasteiger charge is -2.25. The largest absolute Gasteiger partial charge is 0.383 e. The average molecular weight is 261 g/mol. The number of benzene rings is 1. The summed E-state index contributed by atoms with van der Waals surface area (Å²) < 4.78 is 5.02. The lowest BCUT2D eigenvalue weighted by molar-refractivity contribution is 0.199. The third-order valence-corrected chi connectivity index (χ3v) is 4.13. The van der Waals surface area contributed by atoms with Gasteiger partial charge in [0.2, 0.25) is 0 Å². The summed E-state index contributed by atoms with van der Waals surface area (Å²) in [6.07, 6.45) is 8.00. The molecule has 1 aromatic rings. The molecular formula is C17H27NO. The van der Waals surface area contributed by atoms with E-state index in [2.05, 4.69) is 29.6 Å². The van der Waals surface area contributed by atoms with Crippen LogP contribution < -0.4 is 5.32 Å². The molecule has 0 heterocycles. The molecule has 1 unspecified atom stereocenters. The first kappa shape index (κ1) is 14.5. The second-order valence-electron chi connectivity index (χ2n) is 5.53. The standard InChI is InChI=1S/C17H27NO/c1-19-14-13-18-12-5-4-8-16-10-6-9-15-7-2-3-11-17(15)16/h2-3,7,11,16,18H,4-6,8-10,12-14H2,1H3. The van der Waals surface area contributed by atoms with Crippen LogP contribution in [-0.4, -0.2) is 26.8 Å². The number of ether oxygens (including phenoxy) is 1. The Hall–Kier alpha value is -0.860. The van der Waals surface area contributed by atoms with E-state index < -0.39 is 0 Å². The van der Waals surface area contributed by atoms with Crippen LogP contribution in [0.25, 0.3) is 0 Å². The van der Waals surface area contributed by atoms with Gasteiger partial charge in [-0.1, -0.05) is 30.7 Å². The second-order valence-corrected chi connectivity index (χ2v) is 5.53. The predicted octanol–water partition coefficient (Wildman–Crippen LogP) is 3.51. The van der Waals surface area contributed by atoms with E-state index in [1.807, 2.05) is 0 Å². The Morgan fingerprint density at radius 3 is 3.00 bits per heavy atom. The van der Waals surface area contributed by atoms with Crippen molar-refractivity contribution in [3.63, 3.8) is 0 Å². The highest BCUT2D eigenvalue weighted by molar-refractivity contribution is 5.32. The van der Waals surface area contributed by atoms with E-state index in [4.69, 9.17) is 4.74 Å². The molecule has 2 heteroatoms. The van der Waals surface area contributed by atoms with E-state index in [0.717, 1.165) is 25.6 Å². The lowest BCUT2D eigenvalue weighted by Crippen LogP contribution is -2.20. The molecule has 19 heavy (non-hydrogen) atoms. The number of hydrogen-bond acceptors (Lipinski definition) is 2. The molecule has 106 valence electrons. The fourth-order valence-electron chi connectivity index (χ4n) is 3.09. The Morgan fingerprint density at radius 2 is 2.11 bits per heavy atom. The predicted molar refractivity (Wildman–Crippen MR) is 80.7 cm³/mol. The Labute approximate surface area is 117 Å². The van der Waals surface area contributed by atoms with Gasteiger partial charge in [0.25, 0.3) is 0 Å². The monoisotopic (exact) mass is 261 g/mol. The summed E-state index contributed by atoms with van der Waals surface area (Å²) in [5, 5.41) is 3.42. The van der Waals surface area contributed by atoms with Gasteiger partial charge in [0.15, 0.2) is 0 Å². The van der Waals surface area contributed by atoms with Crippen LogP contribution >= 0.6 is 0 Å². The van der Waals surface area contributed by atoms with Crippen LogP contribution in [0.1, 0.15) is 49.1 Å². The zero-order valence-corrected chi connectivity index (χ0v) is 12.2. The SMILES string of the molecule is COCCNCCCCC1CCCc2ccccc21. The first-order valence-electron chi connectivity index (χ1n) is 7.69. The van der Waals surface area contributed by atoms with Gasteiger partial charge in [-0.15, -0.1) is 0 Å². The molecule has 1 aromatic carbocycles. The normalized spacial score (nSPS) is 18.3. The third-order valence-electron chi connectivity index (χ3n) is 4.13. The smallest absolute Gasteiger partial charge is 0.0587 e. The lowest BCUT2D eigenvalue weighted by atomic mass is 9.80. The van der Waals surface area contributed by atoms with Crippen LogP contribution in [0.15, 0.2) is 24.3 Å². The molecule has 0 amide bonds. The molecule has 0 aromatic heterocycles. The number of rotatable bonds is 8. The van der Waals surface area contributed by atoms with Crippen molar-refractivity contribution >= 4 is 0 Å². The van der Waals surface area contributed by atoms with Gasteiger partial charge < -0.3 is 10.1 Å². The second kappa shape index (κ2) is 8.34. The Kier molecular flexibility index (Phi) is 6.38. The highest BCUT2D eigenvalue weighted by atomic mass is 16.5. The number of aryl methyl sites for hydroxylation is 1. The van der Waals surface area contributed by atoms with Gasteiger partial charge in [-0.05, 0) is 55.7 Å². The molecule has 0 bridgehead atoms. The van der Waals surface area contributed by atoms with Crippen LogP contribution in [0.2, 0.25) is 0 Å². The Morgan fingerprint density at radius 1 is 1.21 bits per heavy atom. The van der Waals surface area contributed by atoms with Crippen molar-refractivity contribution in [2.45, 2.75) is 44.4 Å². The number of hydrogen-bond donors (Lipinski definition) is 1. The van der Waals surface area contributed by atoms with Crippen molar-refractivity contribution in [3.05, 3.63) is 35.4 Å². The van der Waals surface area contributed by atoms with Gasteiger partial charge in [-0.25, -0.2) is 0 Å². The summed E-state index contributed by atoms with van der Waals surface area (Å²) in [4.78, 5) is 0. The molecule has 1 aliphatic carbocycles. The van der Waals surface area contributed by atoms with Crippen LogP contribution in [0.4, 0.5) is 0 Å². The van der Waals surface area contributed by atoms with Crippen LogP contribution in [0.5, 0.6) is 0 Å². The number of methoxy groups -OCH3 is 1. The maximum atomic E-state index is 5.02.